The van der Waals surface area contributed by atoms with Gasteiger partial charge in [-0.3, -0.25) is 53.1 Å². The molecule has 6 fully saturated rings. The van der Waals surface area contributed by atoms with Crippen molar-refractivity contribution in [3.05, 3.63) is 113 Å². The minimum absolute atomic E-state index is 0. The second kappa shape index (κ2) is 92.8. The second-order valence-corrected chi connectivity index (χ2v) is 46.9. The van der Waals surface area contributed by atoms with Crippen molar-refractivity contribution in [3.63, 3.8) is 0 Å². The third-order valence-electron chi connectivity index (χ3n) is 23.2. The summed E-state index contributed by atoms with van der Waals surface area (Å²) in [6, 6.07) is 23.9. The van der Waals surface area contributed by atoms with E-state index in [-0.39, 0.29) is 92.7 Å². The summed E-state index contributed by atoms with van der Waals surface area (Å²) in [6.45, 7) is 81.2. The number of nitrogens with zero attached hydrogens (tertiary/aromatic N) is 5. The summed E-state index contributed by atoms with van der Waals surface area (Å²) in [4.78, 5) is 106. The number of methoxy groups -OCH3 is 2. The Balaban J connectivity index is -0.000000297. The molecule has 0 spiro atoms. The molecule has 34 heteroatoms. The number of hydrogen-bond donors (Lipinski definition) is 1. The molecule has 3 aromatic rings. The van der Waals surface area contributed by atoms with Crippen molar-refractivity contribution in [2.24, 2.45) is 33.0 Å². The summed E-state index contributed by atoms with van der Waals surface area (Å²) >= 11 is 3.01. The standard InChI is InChI=1S/C14H27NO2S.C14H20O2.C13H25NO2S.C13H18O2.C11H15NO.C10H20N.C9H19NOS2.C7H14O2.C6H16N.C6H12O3.C5H10O2.C4H8O2.C3H3F3.2BrH/c1-4-14(2,3)6-12-18-13(16)5-7-15-8-10-17-11-9-15;1-5-11-8-6-7-9-12(11)10-16-13(15)14(2,3)4;1-4-13(2,3)11-17-12(15)5-6-14-7-9-16-10-8-14;1-5-10-8-6-7-9-11(10)15-12(14)13(2,3)4;1-3-10-6-4-5-7-11(10)8-12-9(2)13;1-2-6-11-7-3-10(4-8-11)5-9-11;1-2-8-12-13-9-5-10-3-6-11-7-4-10;1-5-9-6(8)7(2,3)4;1-5-6-7(2,3)4;1-4-8-6(7)9-5(2)3;1-3-4-5(6)7-2;1-3-4(5)6-2;1-2-3(4,5)6;;/h4-12H2,1-3H3;6-9H,5,10H2,1-4H3;4-11H2,1-3H3;6-9H,5H2,1-4H3;4-7H,3,8H2,1-2H3,(H,12,13);10H,2-9H2,1H3;2-9H2,1H3;5H2,1-4H3;5-6H2,1-4H3;5H,4H2,1-3H3;3-4H2,1-2H3;3H2,1-2H3;2H,1H2;2*1H/q;;;;;+1;;;+1;;;;;;/p-2. The fourth-order valence-corrected chi connectivity index (χ4v) is 17.4. The van der Waals surface area contributed by atoms with Gasteiger partial charge in [0, 0.05) is 127 Å². The summed E-state index contributed by atoms with van der Waals surface area (Å²) < 4.78 is 83.6. The molecule has 6 aliphatic rings. The molecule has 9 rings (SSSR count). The van der Waals surface area contributed by atoms with Gasteiger partial charge in [0.25, 0.3) is 0 Å². The number of nitrogens with one attached hydrogen (secondary N) is 1. The van der Waals surface area contributed by atoms with Crippen LogP contribution in [0.15, 0.2) is 85.5 Å². The zero-order valence-electron chi connectivity index (χ0n) is 98.7. The van der Waals surface area contributed by atoms with E-state index in [0.717, 1.165) is 164 Å². The van der Waals surface area contributed by atoms with Crippen LogP contribution < -0.4 is 44.0 Å². The van der Waals surface area contributed by atoms with Crippen LogP contribution in [-0.2, 0) is 113 Å². The van der Waals surface area contributed by atoms with Crippen molar-refractivity contribution in [1.29, 1.82) is 0 Å². The highest BCUT2D eigenvalue weighted by atomic mass is 79.9. The fraction of sp³-hybridized carbons (Fsp3) is 0.748. The van der Waals surface area contributed by atoms with E-state index >= 15 is 0 Å². The van der Waals surface area contributed by atoms with E-state index in [4.69, 9.17) is 28.4 Å². The monoisotopic (exact) mass is 2320 g/mol. The van der Waals surface area contributed by atoms with Gasteiger partial charge >= 0.3 is 42.2 Å². The Kier molecular flexibility index (Phi) is 97.5. The van der Waals surface area contributed by atoms with Crippen LogP contribution in [0, 0.1) is 33.0 Å². The minimum atomic E-state index is -4.19. The highest BCUT2D eigenvalue weighted by Crippen LogP contribution is 2.34. The molecule has 6 heterocycles. The summed E-state index contributed by atoms with van der Waals surface area (Å²) in [7, 11) is 13.4. The lowest BCUT2D eigenvalue weighted by Crippen LogP contribution is -3.00. The summed E-state index contributed by atoms with van der Waals surface area (Å²) in [5.41, 5.74) is 5.33. The predicted molar refractivity (Wildman–Crippen MR) is 609 cm³/mol. The lowest BCUT2D eigenvalue weighted by molar-refractivity contribution is -0.942. The van der Waals surface area contributed by atoms with E-state index in [2.05, 4.69) is 161 Å². The molecule has 25 nitrogen and oxygen atoms in total. The van der Waals surface area contributed by atoms with Gasteiger partial charge < -0.3 is 95.6 Å². The molecular formula is C115H207Br2F3N6O19S4. The van der Waals surface area contributed by atoms with E-state index in [1.165, 1.54) is 162 Å². The van der Waals surface area contributed by atoms with Crippen molar-refractivity contribution in [2.75, 3.05) is 203 Å². The number of amides is 1. The normalized spacial score (nSPS) is 15.2. The number of piperidine rings is 3. The molecule has 0 atom stereocenters. The third kappa shape index (κ3) is 93.6. The first kappa shape index (κ1) is 157. The number of esters is 5. The van der Waals surface area contributed by atoms with Crippen LogP contribution in [-0.4, -0.2) is 291 Å². The van der Waals surface area contributed by atoms with Gasteiger partial charge in [0.05, 0.1) is 143 Å². The Hall–Kier alpha value is -5.34. The van der Waals surface area contributed by atoms with Crippen LogP contribution in [0.3, 0.4) is 0 Å². The summed E-state index contributed by atoms with van der Waals surface area (Å²) in [6.07, 6.45) is 13.1. The number of alkyl halides is 3. The Bertz CT molecular complexity index is 3870. The number of halogens is 5. The molecule has 870 valence electrons. The molecule has 149 heavy (non-hydrogen) atoms. The number of rotatable bonds is 37. The quantitative estimate of drug-likeness (QED) is 0.0107. The first-order valence-corrected chi connectivity index (χ1v) is 58.1. The first-order chi connectivity index (χ1) is 68.9. The molecular weight excluding hydrogens is 2110 g/mol. The third-order valence-corrected chi connectivity index (χ3v) is 28.2. The van der Waals surface area contributed by atoms with Gasteiger partial charge in [-0.15, -0.1) is 0 Å². The van der Waals surface area contributed by atoms with Crippen LogP contribution in [0.5, 0.6) is 5.75 Å². The van der Waals surface area contributed by atoms with Crippen LogP contribution in [0.2, 0.25) is 0 Å². The van der Waals surface area contributed by atoms with Crippen molar-refractivity contribution in [2.45, 2.75) is 328 Å². The summed E-state index contributed by atoms with van der Waals surface area (Å²) in [5, 5.41) is 3.47. The molecule has 0 unspecified atom stereocenters. The molecule has 0 aliphatic carbocycles. The Labute approximate surface area is 940 Å². The minimum Gasteiger partial charge on any atom is -1.00 e. The lowest BCUT2D eigenvalue weighted by atomic mass is 9.85. The average molecular weight is 2320 g/mol. The van der Waals surface area contributed by atoms with Crippen LogP contribution in [0.1, 0.15) is 312 Å². The topological polar surface area (TPSA) is 268 Å². The first-order valence-electron chi connectivity index (χ1n) is 53.7. The molecule has 2 bridgehead atoms. The van der Waals surface area contributed by atoms with Gasteiger partial charge in [-0.2, -0.15) is 13.2 Å². The predicted octanol–water partition coefficient (Wildman–Crippen LogP) is 19.3. The van der Waals surface area contributed by atoms with E-state index in [9.17, 15) is 56.3 Å². The van der Waals surface area contributed by atoms with Crippen LogP contribution >= 0.6 is 45.1 Å². The number of morpholine rings is 3. The van der Waals surface area contributed by atoms with E-state index in [0.29, 0.717) is 73.4 Å². The maximum atomic E-state index is 11.8. The Morgan fingerprint density at radius 1 is 0.497 bits per heavy atom. The molecule has 0 aromatic heterocycles. The second-order valence-electron chi connectivity index (χ2n) is 42.1. The number of hydrogen-bond acceptors (Lipinski definition) is 26. The highest BCUT2D eigenvalue weighted by Gasteiger charge is 2.39. The number of carbonyl (C=O) groups excluding carboxylic acids is 9. The maximum absolute atomic E-state index is 11.8. The summed E-state index contributed by atoms with van der Waals surface area (Å²) in [5.74, 6) is 5.49. The Morgan fingerprint density at radius 2 is 0.899 bits per heavy atom. The number of thioether (sulfide) groups is 2. The number of allylic oxidation sites excluding steroid dienone is 1. The largest absolute Gasteiger partial charge is 1.00 e. The molecule has 3 aromatic carbocycles. The van der Waals surface area contributed by atoms with E-state index < -0.39 is 23.2 Å². The number of ether oxygens (including phenoxy) is 10. The number of carbonyl (C=O) groups is 9. The van der Waals surface area contributed by atoms with Gasteiger partial charge in [-0.1, -0.05) is 228 Å². The fourth-order valence-electron chi connectivity index (χ4n) is 13.1. The smallest absolute Gasteiger partial charge is 0.508 e. The SMILES string of the molecule is C=CC(F)(F)F.CCC(=O)OC.CCC(C)(C)CCSC(=O)CCN1CCOCC1.CCC(C)(C)CSC(=O)CCN1CCOCC1.CCCC(=O)OC.CCCSSCCN1CCOCC1.CCC[N+](C)(C)C.CCC[N+]12CCC(CC1)CC2.CCOC(=O)C(C)(C)C.CCOC(=O)OC(C)C.CCc1ccccc1CNC(C)=O.CCc1ccccc1COC(=O)C(C)(C)C.CCc1ccccc1OC(=O)C(C)(C)C.[Br-].[Br-]. The molecule has 1 amide bonds. The van der Waals surface area contributed by atoms with Crippen molar-refractivity contribution >= 4 is 97.3 Å². The number of fused-ring (bicyclic) bond motifs is 3. The molecule has 0 radical (unpaired) electrons. The van der Waals surface area contributed by atoms with Gasteiger partial charge in [0.2, 0.25) is 5.91 Å². The van der Waals surface area contributed by atoms with Crippen molar-refractivity contribution < 1.29 is 147 Å². The molecule has 6 saturated heterocycles. The average Bonchev–Trinajstić information content (AvgIpc) is 0.802. The van der Waals surface area contributed by atoms with Gasteiger partial charge in [-0.05, 0) is 211 Å². The van der Waals surface area contributed by atoms with Gasteiger partial charge in [0.15, 0.2) is 10.2 Å². The number of para-hydroxylation sites is 1. The van der Waals surface area contributed by atoms with Crippen molar-refractivity contribution in [1.82, 2.24) is 20.0 Å². The molecule has 1 N–H and O–H groups in total. The molecule has 6 aliphatic heterocycles. The number of quaternary nitrogens is 2. The van der Waals surface area contributed by atoms with Gasteiger partial charge in [-0.25, -0.2) is 4.79 Å². The van der Waals surface area contributed by atoms with Crippen LogP contribution in [0.25, 0.3) is 0 Å². The van der Waals surface area contributed by atoms with E-state index in [1.54, 1.807) is 27.7 Å². The van der Waals surface area contributed by atoms with Crippen molar-refractivity contribution in [3.8, 4) is 5.75 Å². The maximum Gasteiger partial charge on any atom is 0.508 e. The highest BCUT2D eigenvalue weighted by molar-refractivity contribution is 8.76. The van der Waals surface area contributed by atoms with E-state index in [1.807, 2.05) is 159 Å². The lowest BCUT2D eigenvalue weighted by Gasteiger charge is -2.49. The van der Waals surface area contributed by atoms with Gasteiger partial charge in [0.1, 0.15) is 12.4 Å². The zero-order valence-corrected chi connectivity index (χ0v) is 105. The Morgan fingerprint density at radius 3 is 1.24 bits per heavy atom. The number of aryl methyl sites for hydroxylation is 3. The zero-order chi connectivity index (χ0) is 113. The number of benzene rings is 3. The van der Waals surface area contributed by atoms with Crippen LogP contribution in [0.4, 0.5) is 18.0 Å². The molecule has 0 saturated carbocycles.